The number of nitrogens with two attached hydrogens (primary N) is 1. The second kappa shape index (κ2) is 4.30. The molecule has 3 heteroatoms. The van der Waals surface area contributed by atoms with E-state index >= 15 is 0 Å². The van der Waals surface area contributed by atoms with Gasteiger partial charge in [0.1, 0.15) is 5.54 Å². The number of hydrogen-bond acceptors (Lipinski definition) is 2. The molecule has 3 N–H and O–H groups in total. The maximum Gasteiger partial charge on any atom is 0.238 e. The molecule has 1 amide bonds. The van der Waals surface area contributed by atoms with Crippen LogP contribution in [0.2, 0.25) is 0 Å². The molecular formula is C11H22N2O. The molecule has 1 aliphatic carbocycles. The van der Waals surface area contributed by atoms with E-state index in [1.165, 1.54) is 6.42 Å². The smallest absolute Gasteiger partial charge is 0.238 e. The SMILES string of the molecule is CC(C)NC1(C(N)=O)CCCCC1C. The molecule has 0 aromatic rings. The van der Waals surface area contributed by atoms with Crippen LogP contribution in [0.1, 0.15) is 46.5 Å². The summed E-state index contributed by atoms with van der Waals surface area (Å²) in [4.78, 5) is 11.6. The van der Waals surface area contributed by atoms with Crippen molar-refractivity contribution in [2.75, 3.05) is 0 Å². The monoisotopic (exact) mass is 198 g/mol. The number of primary amides is 1. The zero-order chi connectivity index (χ0) is 10.8. The number of carbonyl (C=O) groups is 1. The van der Waals surface area contributed by atoms with Crippen molar-refractivity contribution in [3.63, 3.8) is 0 Å². The van der Waals surface area contributed by atoms with E-state index in [1.54, 1.807) is 0 Å². The van der Waals surface area contributed by atoms with Crippen LogP contribution in [-0.2, 0) is 4.79 Å². The molecule has 0 spiro atoms. The first-order valence-corrected chi connectivity index (χ1v) is 5.56. The zero-order valence-electron chi connectivity index (χ0n) is 9.47. The number of nitrogens with one attached hydrogen (secondary N) is 1. The fourth-order valence-corrected chi connectivity index (χ4v) is 2.51. The summed E-state index contributed by atoms with van der Waals surface area (Å²) in [5, 5.41) is 3.37. The normalized spacial score (nSPS) is 33.3. The third kappa shape index (κ3) is 2.08. The predicted molar refractivity (Wildman–Crippen MR) is 57.8 cm³/mol. The molecule has 0 aromatic carbocycles. The molecule has 0 saturated heterocycles. The summed E-state index contributed by atoms with van der Waals surface area (Å²) in [5.41, 5.74) is 5.09. The molecule has 14 heavy (non-hydrogen) atoms. The largest absolute Gasteiger partial charge is 0.368 e. The highest BCUT2D eigenvalue weighted by Crippen LogP contribution is 2.33. The quantitative estimate of drug-likeness (QED) is 0.720. The van der Waals surface area contributed by atoms with Gasteiger partial charge in [0.05, 0.1) is 0 Å². The van der Waals surface area contributed by atoms with Gasteiger partial charge in [-0.3, -0.25) is 4.79 Å². The summed E-state index contributed by atoms with van der Waals surface area (Å²) < 4.78 is 0. The molecule has 0 radical (unpaired) electrons. The average molecular weight is 198 g/mol. The van der Waals surface area contributed by atoms with Gasteiger partial charge in [0.15, 0.2) is 0 Å². The standard InChI is InChI=1S/C11H22N2O/c1-8(2)13-11(10(12)14)7-5-4-6-9(11)3/h8-9,13H,4-7H2,1-3H3,(H2,12,14). The topological polar surface area (TPSA) is 55.1 Å². The van der Waals surface area contributed by atoms with Crippen molar-refractivity contribution in [3.05, 3.63) is 0 Å². The molecule has 1 fully saturated rings. The molecule has 0 heterocycles. The summed E-state index contributed by atoms with van der Waals surface area (Å²) in [6, 6.07) is 0.308. The second-order valence-electron chi connectivity index (χ2n) is 4.78. The number of amides is 1. The van der Waals surface area contributed by atoms with Crippen molar-refractivity contribution in [2.45, 2.75) is 58.0 Å². The van der Waals surface area contributed by atoms with E-state index in [0.717, 1.165) is 19.3 Å². The summed E-state index contributed by atoms with van der Waals surface area (Å²) in [6.07, 6.45) is 4.31. The maximum absolute atomic E-state index is 11.6. The first-order valence-electron chi connectivity index (χ1n) is 5.56. The summed E-state index contributed by atoms with van der Waals surface area (Å²) in [7, 11) is 0. The fourth-order valence-electron chi connectivity index (χ4n) is 2.51. The van der Waals surface area contributed by atoms with Crippen molar-refractivity contribution < 1.29 is 4.79 Å². The van der Waals surface area contributed by atoms with Crippen LogP contribution in [0.15, 0.2) is 0 Å². The Morgan fingerprint density at radius 1 is 1.50 bits per heavy atom. The Morgan fingerprint density at radius 3 is 2.57 bits per heavy atom. The van der Waals surface area contributed by atoms with E-state index in [4.69, 9.17) is 5.73 Å². The third-order valence-corrected chi connectivity index (χ3v) is 3.29. The summed E-state index contributed by atoms with van der Waals surface area (Å²) >= 11 is 0. The molecular weight excluding hydrogens is 176 g/mol. The van der Waals surface area contributed by atoms with Crippen LogP contribution in [0.4, 0.5) is 0 Å². The average Bonchev–Trinajstić information content (AvgIpc) is 2.08. The first kappa shape index (κ1) is 11.5. The predicted octanol–water partition coefficient (Wildman–Crippen LogP) is 1.42. The van der Waals surface area contributed by atoms with Crippen LogP contribution in [0, 0.1) is 5.92 Å². The molecule has 0 bridgehead atoms. The van der Waals surface area contributed by atoms with Gasteiger partial charge in [0, 0.05) is 6.04 Å². The van der Waals surface area contributed by atoms with Gasteiger partial charge in [-0.25, -0.2) is 0 Å². The van der Waals surface area contributed by atoms with Gasteiger partial charge in [-0.15, -0.1) is 0 Å². The highest BCUT2D eigenvalue weighted by atomic mass is 16.1. The maximum atomic E-state index is 11.6. The lowest BCUT2D eigenvalue weighted by Gasteiger charge is -2.42. The Morgan fingerprint density at radius 2 is 2.14 bits per heavy atom. The third-order valence-electron chi connectivity index (χ3n) is 3.29. The van der Waals surface area contributed by atoms with Crippen LogP contribution >= 0.6 is 0 Å². The van der Waals surface area contributed by atoms with Crippen molar-refractivity contribution in [1.82, 2.24) is 5.32 Å². The van der Waals surface area contributed by atoms with Crippen molar-refractivity contribution in [2.24, 2.45) is 11.7 Å². The van der Waals surface area contributed by atoms with Crippen LogP contribution in [0.25, 0.3) is 0 Å². The number of hydrogen-bond donors (Lipinski definition) is 2. The number of carbonyl (C=O) groups excluding carboxylic acids is 1. The van der Waals surface area contributed by atoms with E-state index in [0.29, 0.717) is 12.0 Å². The molecule has 0 aromatic heterocycles. The highest BCUT2D eigenvalue weighted by Gasteiger charge is 2.43. The van der Waals surface area contributed by atoms with E-state index in [-0.39, 0.29) is 5.91 Å². The minimum absolute atomic E-state index is 0.182. The van der Waals surface area contributed by atoms with Gasteiger partial charge in [0.25, 0.3) is 0 Å². The first-order chi connectivity index (χ1) is 6.49. The second-order valence-corrected chi connectivity index (χ2v) is 4.78. The minimum Gasteiger partial charge on any atom is -0.368 e. The highest BCUT2D eigenvalue weighted by molar-refractivity contribution is 5.85. The Labute approximate surface area is 86.4 Å². The van der Waals surface area contributed by atoms with Gasteiger partial charge >= 0.3 is 0 Å². The Hall–Kier alpha value is -0.570. The van der Waals surface area contributed by atoms with E-state index in [2.05, 4.69) is 26.1 Å². The van der Waals surface area contributed by atoms with Crippen molar-refractivity contribution >= 4 is 5.91 Å². The lowest BCUT2D eigenvalue weighted by atomic mass is 9.72. The van der Waals surface area contributed by atoms with Gasteiger partial charge in [0.2, 0.25) is 5.91 Å². The fraction of sp³-hybridized carbons (Fsp3) is 0.909. The molecule has 1 rings (SSSR count). The Balaban J connectivity index is 2.83. The molecule has 2 unspecified atom stereocenters. The van der Waals surface area contributed by atoms with Gasteiger partial charge < -0.3 is 11.1 Å². The molecule has 0 aliphatic heterocycles. The molecule has 1 aliphatic rings. The van der Waals surface area contributed by atoms with Crippen molar-refractivity contribution in [1.29, 1.82) is 0 Å². The summed E-state index contributed by atoms with van der Waals surface area (Å²) in [6.45, 7) is 6.25. The molecule has 82 valence electrons. The van der Waals surface area contributed by atoms with Gasteiger partial charge in [-0.1, -0.05) is 19.8 Å². The lowest BCUT2D eigenvalue weighted by molar-refractivity contribution is -0.128. The van der Waals surface area contributed by atoms with Crippen LogP contribution in [0.3, 0.4) is 0 Å². The molecule has 2 atom stereocenters. The minimum atomic E-state index is -0.452. The Kier molecular flexibility index (Phi) is 3.53. The molecule has 1 saturated carbocycles. The summed E-state index contributed by atoms with van der Waals surface area (Å²) in [5.74, 6) is 0.176. The Bertz CT molecular complexity index is 215. The van der Waals surface area contributed by atoms with Gasteiger partial charge in [-0.05, 0) is 32.6 Å². The van der Waals surface area contributed by atoms with E-state index in [9.17, 15) is 4.79 Å². The van der Waals surface area contributed by atoms with E-state index < -0.39 is 5.54 Å². The van der Waals surface area contributed by atoms with Gasteiger partial charge in [-0.2, -0.15) is 0 Å². The number of rotatable bonds is 3. The zero-order valence-corrected chi connectivity index (χ0v) is 9.47. The molecule has 3 nitrogen and oxygen atoms in total. The van der Waals surface area contributed by atoms with E-state index in [1.807, 2.05) is 0 Å². The van der Waals surface area contributed by atoms with Crippen molar-refractivity contribution in [3.8, 4) is 0 Å². The van der Waals surface area contributed by atoms with Crippen LogP contribution in [0.5, 0.6) is 0 Å². The lowest BCUT2D eigenvalue weighted by Crippen LogP contribution is -2.62. The van der Waals surface area contributed by atoms with Crippen LogP contribution < -0.4 is 11.1 Å². The van der Waals surface area contributed by atoms with Crippen LogP contribution in [-0.4, -0.2) is 17.5 Å².